The van der Waals surface area contributed by atoms with E-state index >= 15 is 0 Å². The number of methoxy groups -OCH3 is 1. The smallest absolute Gasteiger partial charge is 0.409 e. The zero-order chi connectivity index (χ0) is 20.4. The van der Waals surface area contributed by atoms with Crippen molar-refractivity contribution in [1.82, 2.24) is 4.90 Å². The Morgan fingerprint density at radius 2 is 2.04 bits per heavy atom. The summed E-state index contributed by atoms with van der Waals surface area (Å²) in [5.74, 6) is 0.525. The monoisotopic (exact) mass is 391 g/mol. The highest BCUT2D eigenvalue weighted by Gasteiger charge is 2.25. The van der Waals surface area contributed by atoms with Crippen molar-refractivity contribution in [2.45, 2.75) is 38.7 Å². The standard InChI is InChI=1S/C21H29NO6/c1-4-6-14-27-21(24)22-11-9-16(10-12-22)28-17-7-8-18(20(23)25-3)19(15-17)26-13-5-2/h5,7-8,15-16H,2,4,6,9-14H2,1,3H3. The van der Waals surface area contributed by atoms with Gasteiger partial charge in [-0.25, -0.2) is 9.59 Å². The molecule has 1 aromatic rings. The normalized spacial score (nSPS) is 14.3. The molecule has 1 saturated heterocycles. The fourth-order valence-electron chi connectivity index (χ4n) is 2.87. The first kappa shape index (κ1) is 21.6. The minimum atomic E-state index is -0.472. The predicted molar refractivity (Wildman–Crippen MR) is 105 cm³/mol. The SMILES string of the molecule is C=CCOc1cc(OC2CCN(C(=O)OCCCC)CC2)ccc1C(=O)OC. The second kappa shape index (κ2) is 11.2. The zero-order valence-corrected chi connectivity index (χ0v) is 16.6. The van der Waals surface area contributed by atoms with Crippen molar-refractivity contribution in [3.8, 4) is 11.5 Å². The van der Waals surface area contributed by atoms with E-state index in [0.29, 0.717) is 49.6 Å². The number of nitrogens with zero attached hydrogens (tertiary/aromatic N) is 1. The molecule has 0 spiro atoms. The number of unbranched alkanes of at least 4 members (excludes halogenated alkanes) is 1. The molecule has 1 amide bonds. The van der Waals surface area contributed by atoms with Gasteiger partial charge in [-0.1, -0.05) is 26.0 Å². The number of amides is 1. The van der Waals surface area contributed by atoms with Crippen molar-refractivity contribution >= 4 is 12.1 Å². The molecule has 154 valence electrons. The summed E-state index contributed by atoms with van der Waals surface area (Å²) in [6.45, 7) is 7.59. The Bertz CT molecular complexity index is 667. The molecule has 1 aliphatic rings. The summed E-state index contributed by atoms with van der Waals surface area (Å²) in [5, 5.41) is 0. The van der Waals surface area contributed by atoms with Crippen LogP contribution < -0.4 is 9.47 Å². The Morgan fingerprint density at radius 1 is 1.29 bits per heavy atom. The molecule has 0 radical (unpaired) electrons. The first-order valence-corrected chi connectivity index (χ1v) is 9.63. The van der Waals surface area contributed by atoms with Crippen LogP contribution in [0.5, 0.6) is 11.5 Å². The number of benzene rings is 1. The van der Waals surface area contributed by atoms with Gasteiger partial charge in [0.2, 0.25) is 0 Å². The molecule has 0 aromatic heterocycles. The van der Waals surface area contributed by atoms with E-state index in [1.807, 2.05) is 0 Å². The molecule has 1 fully saturated rings. The lowest BCUT2D eigenvalue weighted by molar-refractivity contribution is 0.0596. The quantitative estimate of drug-likeness (QED) is 0.362. The number of piperidine rings is 1. The van der Waals surface area contributed by atoms with Crippen LogP contribution in [0.2, 0.25) is 0 Å². The van der Waals surface area contributed by atoms with E-state index in [0.717, 1.165) is 12.8 Å². The van der Waals surface area contributed by atoms with Crippen LogP contribution in [0.1, 0.15) is 43.0 Å². The summed E-state index contributed by atoms with van der Waals surface area (Å²) >= 11 is 0. The average Bonchev–Trinajstić information content (AvgIpc) is 2.72. The highest BCUT2D eigenvalue weighted by molar-refractivity contribution is 5.92. The molecule has 0 unspecified atom stereocenters. The number of likely N-dealkylation sites (tertiary alicyclic amines) is 1. The lowest BCUT2D eigenvalue weighted by Crippen LogP contribution is -2.42. The summed E-state index contributed by atoms with van der Waals surface area (Å²) in [7, 11) is 1.32. The highest BCUT2D eigenvalue weighted by atomic mass is 16.6. The Morgan fingerprint density at radius 3 is 2.68 bits per heavy atom. The zero-order valence-electron chi connectivity index (χ0n) is 16.6. The summed E-state index contributed by atoms with van der Waals surface area (Å²) < 4.78 is 21.6. The van der Waals surface area contributed by atoms with Gasteiger partial charge in [0.25, 0.3) is 0 Å². The maximum absolute atomic E-state index is 12.0. The summed E-state index contributed by atoms with van der Waals surface area (Å²) in [6.07, 6.45) is 4.63. The number of hydrogen-bond donors (Lipinski definition) is 0. The number of esters is 1. The van der Waals surface area contributed by atoms with Crippen molar-refractivity contribution in [3.63, 3.8) is 0 Å². The third-order valence-electron chi connectivity index (χ3n) is 4.44. The van der Waals surface area contributed by atoms with Crippen molar-refractivity contribution in [1.29, 1.82) is 0 Å². The molecule has 0 bridgehead atoms. The van der Waals surface area contributed by atoms with Crippen LogP contribution in [-0.2, 0) is 9.47 Å². The minimum absolute atomic E-state index is 0.0177. The molecule has 2 rings (SSSR count). The number of hydrogen-bond acceptors (Lipinski definition) is 6. The van der Waals surface area contributed by atoms with Crippen LogP contribution in [0, 0.1) is 0 Å². The molecule has 1 aliphatic heterocycles. The first-order valence-electron chi connectivity index (χ1n) is 9.63. The molecule has 7 nitrogen and oxygen atoms in total. The topological polar surface area (TPSA) is 74.3 Å². The molecule has 7 heteroatoms. The summed E-state index contributed by atoms with van der Waals surface area (Å²) in [5.41, 5.74) is 0.335. The maximum Gasteiger partial charge on any atom is 0.409 e. The molecular formula is C21H29NO6. The van der Waals surface area contributed by atoms with Gasteiger partial charge in [0, 0.05) is 32.0 Å². The van der Waals surface area contributed by atoms with Gasteiger partial charge in [0.15, 0.2) is 0 Å². The number of carbonyl (C=O) groups excluding carboxylic acids is 2. The van der Waals surface area contributed by atoms with E-state index < -0.39 is 5.97 Å². The molecule has 0 aliphatic carbocycles. The van der Waals surface area contributed by atoms with Crippen LogP contribution in [0.25, 0.3) is 0 Å². The number of carbonyl (C=O) groups is 2. The van der Waals surface area contributed by atoms with Gasteiger partial charge in [0.05, 0.1) is 13.7 Å². The maximum atomic E-state index is 12.0. The molecule has 0 atom stereocenters. The average molecular weight is 391 g/mol. The van der Waals surface area contributed by atoms with Crippen LogP contribution >= 0.6 is 0 Å². The highest BCUT2D eigenvalue weighted by Crippen LogP contribution is 2.28. The second-order valence-electron chi connectivity index (χ2n) is 6.52. The second-order valence-corrected chi connectivity index (χ2v) is 6.52. The summed E-state index contributed by atoms with van der Waals surface area (Å²) in [6, 6.07) is 5.03. The van der Waals surface area contributed by atoms with Crippen molar-refractivity contribution in [2.75, 3.05) is 33.4 Å². The van der Waals surface area contributed by atoms with Gasteiger partial charge in [-0.05, 0) is 18.6 Å². The fraction of sp³-hybridized carbons (Fsp3) is 0.524. The Labute approximate surface area is 166 Å². The van der Waals surface area contributed by atoms with Gasteiger partial charge in [-0.3, -0.25) is 0 Å². The first-order chi connectivity index (χ1) is 13.6. The molecular weight excluding hydrogens is 362 g/mol. The van der Waals surface area contributed by atoms with Crippen LogP contribution in [0.15, 0.2) is 30.9 Å². The summed E-state index contributed by atoms with van der Waals surface area (Å²) in [4.78, 5) is 25.6. The predicted octanol–water partition coefficient (Wildman–Crippen LogP) is 3.82. The number of ether oxygens (including phenoxy) is 4. The lowest BCUT2D eigenvalue weighted by Gasteiger charge is -2.31. The largest absolute Gasteiger partial charge is 0.490 e. The molecule has 1 heterocycles. The van der Waals surface area contributed by atoms with Gasteiger partial charge in [-0.15, -0.1) is 0 Å². The van der Waals surface area contributed by atoms with E-state index in [-0.39, 0.29) is 18.8 Å². The Balaban J connectivity index is 1.92. The molecule has 1 aromatic carbocycles. The van der Waals surface area contributed by atoms with E-state index in [9.17, 15) is 9.59 Å². The van der Waals surface area contributed by atoms with E-state index in [1.54, 1.807) is 29.2 Å². The van der Waals surface area contributed by atoms with Gasteiger partial charge >= 0.3 is 12.1 Å². The lowest BCUT2D eigenvalue weighted by atomic mass is 10.1. The Kier molecular flexibility index (Phi) is 8.65. The van der Waals surface area contributed by atoms with Crippen molar-refractivity contribution in [2.24, 2.45) is 0 Å². The molecule has 0 N–H and O–H groups in total. The van der Waals surface area contributed by atoms with Crippen LogP contribution in [0.4, 0.5) is 4.79 Å². The van der Waals surface area contributed by atoms with E-state index in [2.05, 4.69) is 13.5 Å². The third kappa shape index (κ3) is 6.18. The van der Waals surface area contributed by atoms with Gasteiger partial charge < -0.3 is 23.8 Å². The van der Waals surface area contributed by atoms with E-state index in [4.69, 9.17) is 18.9 Å². The van der Waals surface area contributed by atoms with E-state index in [1.165, 1.54) is 7.11 Å². The molecule has 0 saturated carbocycles. The third-order valence-corrected chi connectivity index (χ3v) is 4.44. The van der Waals surface area contributed by atoms with Crippen LogP contribution in [0.3, 0.4) is 0 Å². The minimum Gasteiger partial charge on any atom is -0.490 e. The Hall–Kier alpha value is -2.70. The van der Waals surface area contributed by atoms with Gasteiger partial charge in [-0.2, -0.15) is 0 Å². The van der Waals surface area contributed by atoms with Gasteiger partial charge in [0.1, 0.15) is 29.8 Å². The van der Waals surface area contributed by atoms with Crippen molar-refractivity contribution < 1.29 is 28.5 Å². The van der Waals surface area contributed by atoms with Crippen LogP contribution in [-0.4, -0.2) is 56.5 Å². The fourth-order valence-corrected chi connectivity index (χ4v) is 2.87. The number of rotatable bonds is 9. The molecule has 28 heavy (non-hydrogen) atoms. The van der Waals surface area contributed by atoms with Crippen molar-refractivity contribution in [3.05, 3.63) is 36.4 Å².